The monoisotopic (exact) mass is 356 g/mol. The van der Waals surface area contributed by atoms with E-state index in [1.165, 1.54) is 30.3 Å². The van der Waals surface area contributed by atoms with Crippen LogP contribution in [0.15, 0.2) is 48.6 Å². The molecule has 0 heterocycles. The lowest BCUT2D eigenvalue weighted by Crippen LogP contribution is -2.05. The minimum Gasteiger partial charge on any atom is -0.508 e. The number of aromatic hydroxyl groups is 4. The standard InChI is InChI=1S/C20H20O6/c1-2-3-13(11-21)19-17(24)9-7-15(20(19)26)16(23)8-5-12-4-6-14(22)10-18(12)25/h2-10,13,21-22,24-26H,11H2,1H3. The Hall–Kier alpha value is -3.25. The van der Waals surface area contributed by atoms with E-state index in [1.807, 2.05) is 0 Å². The highest BCUT2D eigenvalue weighted by molar-refractivity contribution is 6.09. The Morgan fingerprint density at radius 3 is 2.42 bits per heavy atom. The first kappa shape index (κ1) is 19.1. The van der Waals surface area contributed by atoms with Crippen molar-refractivity contribution in [3.05, 3.63) is 65.3 Å². The molecule has 26 heavy (non-hydrogen) atoms. The molecule has 2 aromatic carbocycles. The first-order chi connectivity index (χ1) is 12.4. The highest BCUT2D eigenvalue weighted by Crippen LogP contribution is 2.37. The van der Waals surface area contributed by atoms with Crippen LogP contribution >= 0.6 is 0 Å². The number of benzene rings is 2. The molecule has 0 aliphatic carbocycles. The number of aliphatic hydroxyl groups is 1. The summed E-state index contributed by atoms with van der Waals surface area (Å²) in [6.07, 6.45) is 5.78. The van der Waals surface area contributed by atoms with Crippen molar-refractivity contribution >= 4 is 11.9 Å². The van der Waals surface area contributed by atoms with E-state index in [-0.39, 0.29) is 35.0 Å². The fourth-order valence-corrected chi connectivity index (χ4v) is 2.57. The Morgan fingerprint density at radius 2 is 1.81 bits per heavy atom. The maximum Gasteiger partial charge on any atom is 0.189 e. The molecule has 0 amide bonds. The van der Waals surface area contributed by atoms with E-state index < -0.39 is 17.5 Å². The number of allylic oxidation sites excluding steroid dienone is 2. The van der Waals surface area contributed by atoms with Crippen LogP contribution in [0.25, 0.3) is 6.08 Å². The van der Waals surface area contributed by atoms with E-state index in [2.05, 4.69) is 0 Å². The van der Waals surface area contributed by atoms with Gasteiger partial charge in [-0.2, -0.15) is 0 Å². The molecular weight excluding hydrogens is 336 g/mol. The van der Waals surface area contributed by atoms with Crippen LogP contribution < -0.4 is 0 Å². The number of carbonyl (C=O) groups excluding carboxylic acids is 1. The van der Waals surface area contributed by atoms with Gasteiger partial charge in [-0.05, 0) is 43.3 Å². The van der Waals surface area contributed by atoms with Crippen LogP contribution in [0.5, 0.6) is 23.0 Å². The second-order valence-corrected chi connectivity index (χ2v) is 5.65. The molecule has 1 atom stereocenters. The Bertz CT molecular complexity index is 867. The number of rotatable bonds is 6. The van der Waals surface area contributed by atoms with Gasteiger partial charge in [-0.15, -0.1) is 0 Å². The molecule has 136 valence electrons. The third-order valence-corrected chi connectivity index (χ3v) is 3.88. The first-order valence-electron chi connectivity index (χ1n) is 7.92. The number of hydrogen-bond donors (Lipinski definition) is 5. The van der Waals surface area contributed by atoms with Gasteiger partial charge >= 0.3 is 0 Å². The summed E-state index contributed by atoms with van der Waals surface area (Å²) in [4.78, 5) is 12.4. The highest BCUT2D eigenvalue weighted by Gasteiger charge is 2.21. The third-order valence-electron chi connectivity index (χ3n) is 3.88. The molecule has 0 aliphatic heterocycles. The molecule has 0 bridgehead atoms. The van der Waals surface area contributed by atoms with Crippen molar-refractivity contribution in [1.29, 1.82) is 0 Å². The van der Waals surface area contributed by atoms with Crippen LogP contribution in [0.2, 0.25) is 0 Å². The fraction of sp³-hybridized carbons (Fsp3) is 0.150. The van der Waals surface area contributed by atoms with Crippen LogP contribution in [0.3, 0.4) is 0 Å². The Morgan fingerprint density at radius 1 is 1.08 bits per heavy atom. The zero-order valence-corrected chi connectivity index (χ0v) is 14.1. The molecule has 5 N–H and O–H groups in total. The number of hydrogen-bond acceptors (Lipinski definition) is 6. The largest absolute Gasteiger partial charge is 0.508 e. The summed E-state index contributed by atoms with van der Waals surface area (Å²) in [5, 5.41) is 48.9. The van der Waals surface area contributed by atoms with Gasteiger partial charge in [0, 0.05) is 23.1 Å². The second-order valence-electron chi connectivity index (χ2n) is 5.65. The molecule has 6 heteroatoms. The second kappa shape index (κ2) is 8.22. The Kier molecular flexibility index (Phi) is 6.03. The van der Waals surface area contributed by atoms with Crippen molar-refractivity contribution in [3.63, 3.8) is 0 Å². The molecule has 0 aromatic heterocycles. The zero-order valence-electron chi connectivity index (χ0n) is 14.1. The van der Waals surface area contributed by atoms with Gasteiger partial charge in [0.1, 0.15) is 23.0 Å². The molecule has 2 rings (SSSR count). The van der Waals surface area contributed by atoms with Gasteiger partial charge in [-0.25, -0.2) is 0 Å². The predicted octanol–water partition coefficient (Wildman–Crippen LogP) is 3.06. The summed E-state index contributed by atoms with van der Waals surface area (Å²) in [5.41, 5.74) is 0.337. The van der Waals surface area contributed by atoms with E-state index in [0.29, 0.717) is 5.56 Å². The van der Waals surface area contributed by atoms with Crippen molar-refractivity contribution in [2.24, 2.45) is 0 Å². The molecule has 0 fully saturated rings. The van der Waals surface area contributed by atoms with E-state index in [1.54, 1.807) is 19.1 Å². The first-order valence-corrected chi connectivity index (χ1v) is 7.92. The van der Waals surface area contributed by atoms with Gasteiger partial charge < -0.3 is 25.5 Å². The average molecular weight is 356 g/mol. The van der Waals surface area contributed by atoms with E-state index in [9.17, 15) is 30.3 Å². The lowest BCUT2D eigenvalue weighted by Gasteiger charge is -2.15. The molecule has 0 radical (unpaired) electrons. The lowest BCUT2D eigenvalue weighted by atomic mass is 9.93. The topological polar surface area (TPSA) is 118 Å². The third kappa shape index (κ3) is 4.04. The van der Waals surface area contributed by atoms with Gasteiger partial charge in [-0.1, -0.05) is 12.2 Å². The molecule has 1 unspecified atom stereocenters. The van der Waals surface area contributed by atoms with Crippen LogP contribution in [0.4, 0.5) is 0 Å². The summed E-state index contributed by atoms with van der Waals surface area (Å²) in [6, 6.07) is 6.50. The number of phenolic OH excluding ortho intramolecular Hbond substituents is 4. The summed E-state index contributed by atoms with van der Waals surface area (Å²) in [5.74, 6) is -2.14. The molecule has 0 saturated carbocycles. The summed E-state index contributed by atoms with van der Waals surface area (Å²) < 4.78 is 0. The van der Waals surface area contributed by atoms with Gasteiger partial charge in [-0.3, -0.25) is 4.79 Å². The van der Waals surface area contributed by atoms with Crippen molar-refractivity contribution in [2.75, 3.05) is 6.61 Å². The Balaban J connectivity index is 2.39. The zero-order chi connectivity index (χ0) is 19.3. The van der Waals surface area contributed by atoms with Crippen LogP contribution in [-0.2, 0) is 0 Å². The molecule has 0 spiro atoms. The smallest absolute Gasteiger partial charge is 0.189 e. The quantitative estimate of drug-likeness (QED) is 0.308. The maximum absolute atomic E-state index is 12.4. The number of phenols is 4. The summed E-state index contributed by atoms with van der Waals surface area (Å²) >= 11 is 0. The molecular formula is C20H20O6. The lowest BCUT2D eigenvalue weighted by molar-refractivity contribution is 0.104. The Labute approximate surface area is 150 Å². The van der Waals surface area contributed by atoms with Crippen molar-refractivity contribution in [1.82, 2.24) is 0 Å². The van der Waals surface area contributed by atoms with Crippen molar-refractivity contribution in [3.8, 4) is 23.0 Å². The summed E-state index contributed by atoms with van der Waals surface area (Å²) in [7, 11) is 0. The molecule has 0 saturated heterocycles. The predicted molar refractivity (Wildman–Crippen MR) is 97.5 cm³/mol. The number of aliphatic hydroxyl groups excluding tert-OH is 1. The van der Waals surface area contributed by atoms with Crippen molar-refractivity contribution < 1.29 is 30.3 Å². The van der Waals surface area contributed by atoms with Gasteiger partial charge in [0.15, 0.2) is 5.78 Å². The highest BCUT2D eigenvalue weighted by atomic mass is 16.3. The minimum absolute atomic E-state index is 0.0460. The SMILES string of the molecule is CC=CC(CO)c1c(O)ccc(C(=O)C=Cc2ccc(O)cc2O)c1O. The molecule has 2 aromatic rings. The van der Waals surface area contributed by atoms with Crippen LogP contribution in [0.1, 0.15) is 34.3 Å². The van der Waals surface area contributed by atoms with Crippen LogP contribution in [-0.4, -0.2) is 37.9 Å². The van der Waals surface area contributed by atoms with Gasteiger partial charge in [0.25, 0.3) is 0 Å². The van der Waals surface area contributed by atoms with Crippen molar-refractivity contribution in [2.45, 2.75) is 12.8 Å². The molecule has 6 nitrogen and oxygen atoms in total. The number of carbonyl (C=O) groups is 1. The fourth-order valence-electron chi connectivity index (χ4n) is 2.57. The minimum atomic E-state index is -0.655. The molecule has 0 aliphatic rings. The van der Waals surface area contributed by atoms with E-state index >= 15 is 0 Å². The summed E-state index contributed by atoms with van der Waals surface area (Å²) in [6.45, 7) is 1.39. The van der Waals surface area contributed by atoms with Gasteiger partial charge in [0.05, 0.1) is 12.2 Å². The van der Waals surface area contributed by atoms with E-state index in [4.69, 9.17) is 0 Å². The van der Waals surface area contributed by atoms with Crippen LogP contribution in [0, 0.1) is 0 Å². The number of ketones is 1. The normalized spacial score (nSPS) is 12.7. The average Bonchev–Trinajstić information content (AvgIpc) is 2.60. The maximum atomic E-state index is 12.4. The van der Waals surface area contributed by atoms with E-state index in [0.717, 1.165) is 12.1 Å². The van der Waals surface area contributed by atoms with Gasteiger partial charge in [0.2, 0.25) is 0 Å².